The van der Waals surface area contributed by atoms with Gasteiger partial charge in [0.25, 0.3) is 0 Å². The molecule has 9 atom stereocenters. The van der Waals surface area contributed by atoms with Gasteiger partial charge in [0.15, 0.2) is 0 Å². The number of aliphatic hydroxyl groups excluding tert-OH is 1. The van der Waals surface area contributed by atoms with E-state index in [1.807, 2.05) is 0 Å². The SMILES string of the molecule is CC1(C)CC[C@]2(C(=O)O)CC=C3[C@]4(C)CC[C@H]5C(C)(C)[C@H](O)[C@H](OC(=O)c6ccc(O)cc6)C[C@]5(C)[C@H]4CC[C@@]3(C)C2C1. The van der Waals surface area contributed by atoms with E-state index in [1.54, 1.807) is 12.1 Å². The molecule has 236 valence electrons. The van der Waals surface area contributed by atoms with Crippen molar-refractivity contribution in [1.82, 2.24) is 0 Å². The Morgan fingerprint density at radius 3 is 2.05 bits per heavy atom. The molecule has 1 aromatic rings. The van der Waals surface area contributed by atoms with Crippen molar-refractivity contribution in [2.75, 3.05) is 0 Å². The number of carbonyl (C=O) groups is 2. The molecule has 0 aliphatic heterocycles. The Labute approximate surface area is 257 Å². The fourth-order valence-corrected chi connectivity index (χ4v) is 11.9. The molecule has 6 rings (SSSR count). The lowest BCUT2D eigenvalue weighted by Gasteiger charge is -2.70. The van der Waals surface area contributed by atoms with E-state index in [4.69, 9.17) is 4.74 Å². The zero-order chi connectivity index (χ0) is 31.4. The number of fused-ring (bicyclic) bond motifs is 7. The second-order valence-electron chi connectivity index (χ2n) is 17.2. The highest BCUT2D eigenvalue weighted by Crippen LogP contribution is 2.75. The van der Waals surface area contributed by atoms with E-state index < -0.39 is 35.0 Å². The highest BCUT2D eigenvalue weighted by molar-refractivity contribution is 5.89. The summed E-state index contributed by atoms with van der Waals surface area (Å²) in [6.07, 6.45) is 8.82. The molecule has 1 unspecified atom stereocenters. The summed E-state index contributed by atoms with van der Waals surface area (Å²) in [5.74, 6) is -0.268. The van der Waals surface area contributed by atoms with Crippen LogP contribution in [-0.4, -0.2) is 39.5 Å². The largest absolute Gasteiger partial charge is 0.508 e. The first-order chi connectivity index (χ1) is 19.9. The monoisotopic (exact) mass is 592 g/mol. The molecule has 4 saturated carbocycles. The quantitative estimate of drug-likeness (QED) is 0.245. The second-order valence-corrected chi connectivity index (χ2v) is 17.2. The molecule has 5 aliphatic rings. The van der Waals surface area contributed by atoms with Crippen LogP contribution in [0.2, 0.25) is 0 Å². The van der Waals surface area contributed by atoms with E-state index >= 15 is 0 Å². The van der Waals surface area contributed by atoms with Crippen molar-refractivity contribution in [1.29, 1.82) is 0 Å². The van der Waals surface area contributed by atoms with Gasteiger partial charge in [-0.2, -0.15) is 0 Å². The molecule has 0 aromatic heterocycles. The Bertz CT molecular complexity index is 1340. The number of rotatable bonds is 3. The Balaban J connectivity index is 1.36. The smallest absolute Gasteiger partial charge is 0.338 e. The summed E-state index contributed by atoms with van der Waals surface area (Å²) >= 11 is 0. The number of phenols is 1. The summed E-state index contributed by atoms with van der Waals surface area (Å²) in [5, 5.41) is 32.0. The number of aliphatic hydroxyl groups is 1. The molecule has 1 aromatic carbocycles. The molecule has 43 heavy (non-hydrogen) atoms. The first-order valence-corrected chi connectivity index (χ1v) is 16.5. The van der Waals surface area contributed by atoms with Crippen LogP contribution in [0.25, 0.3) is 0 Å². The van der Waals surface area contributed by atoms with Crippen LogP contribution in [-0.2, 0) is 9.53 Å². The van der Waals surface area contributed by atoms with Crippen molar-refractivity contribution in [3.63, 3.8) is 0 Å². The van der Waals surface area contributed by atoms with E-state index in [0.717, 1.165) is 44.9 Å². The Hall–Kier alpha value is -2.34. The number of ether oxygens (including phenoxy) is 1. The van der Waals surface area contributed by atoms with Gasteiger partial charge in [0.2, 0.25) is 0 Å². The molecular weight excluding hydrogens is 540 g/mol. The summed E-state index contributed by atoms with van der Waals surface area (Å²) < 4.78 is 6.10. The molecule has 0 heterocycles. The molecule has 0 amide bonds. The molecule has 3 N–H and O–H groups in total. The van der Waals surface area contributed by atoms with Crippen molar-refractivity contribution in [3.8, 4) is 5.75 Å². The zero-order valence-corrected chi connectivity index (χ0v) is 27.2. The third-order valence-corrected chi connectivity index (χ3v) is 14.0. The van der Waals surface area contributed by atoms with Gasteiger partial charge in [-0.15, -0.1) is 0 Å². The minimum Gasteiger partial charge on any atom is -0.508 e. The summed E-state index contributed by atoms with van der Waals surface area (Å²) in [5.41, 5.74) is 0.467. The van der Waals surface area contributed by atoms with E-state index in [0.29, 0.717) is 24.3 Å². The lowest BCUT2D eigenvalue weighted by molar-refractivity contribution is -0.219. The van der Waals surface area contributed by atoms with Crippen LogP contribution >= 0.6 is 0 Å². The number of aromatic hydroxyl groups is 1. The van der Waals surface area contributed by atoms with Gasteiger partial charge >= 0.3 is 11.9 Å². The maximum absolute atomic E-state index is 13.2. The van der Waals surface area contributed by atoms with Crippen molar-refractivity contribution in [2.24, 2.45) is 50.2 Å². The average molecular weight is 593 g/mol. The van der Waals surface area contributed by atoms with Crippen LogP contribution in [0.15, 0.2) is 35.9 Å². The number of carboxylic acid groups (broad SMARTS) is 1. The molecule has 5 aliphatic carbocycles. The normalized spacial score (nSPS) is 44.5. The summed E-state index contributed by atoms with van der Waals surface area (Å²) in [7, 11) is 0. The van der Waals surface area contributed by atoms with Crippen LogP contribution < -0.4 is 0 Å². The first-order valence-electron chi connectivity index (χ1n) is 16.5. The van der Waals surface area contributed by atoms with Gasteiger partial charge in [-0.1, -0.05) is 60.1 Å². The number of hydrogen-bond donors (Lipinski definition) is 3. The Morgan fingerprint density at radius 2 is 1.42 bits per heavy atom. The van der Waals surface area contributed by atoms with Gasteiger partial charge in [0.05, 0.1) is 17.1 Å². The predicted octanol–water partition coefficient (Wildman–Crippen LogP) is 7.77. The fraction of sp³-hybridized carbons (Fsp3) is 0.730. The lowest BCUT2D eigenvalue weighted by atomic mass is 9.34. The number of benzene rings is 1. The third-order valence-electron chi connectivity index (χ3n) is 14.0. The lowest BCUT2D eigenvalue weighted by Crippen LogP contribution is -2.66. The number of esters is 1. The zero-order valence-electron chi connectivity index (χ0n) is 27.2. The number of carbonyl (C=O) groups excluding carboxylic acids is 1. The Kier molecular flexibility index (Phi) is 6.83. The number of allylic oxidation sites excluding steroid dienone is 2. The van der Waals surface area contributed by atoms with Crippen LogP contribution in [0.3, 0.4) is 0 Å². The second kappa shape index (κ2) is 9.58. The van der Waals surface area contributed by atoms with Gasteiger partial charge < -0.3 is 20.1 Å². The maximum Gasteiger partial charge on any atom is 0.338 e. The summed E-state index contributed by atoms with van der Waals surface area (Å²) in [4.78, 5) is 26.2. The van der Waals surface area contributed by atoms with E-state index in [2.05, 4.69) is 54.5 Å². The van der Waals surface area contributed by atoms with Crippen LogP contribution in [0.5, 0.6) is 5.75 Å². The van der Waals surface area contributed by atoms with Crippen molar-refractivity contribution < 1.29 is 29.6 Å². The van der Waals surface area contributed by atoms with E-state index in [-0.39, 0.29) is 39.2 Å². The molecule has 6 heteroatoms. The molecule has 6 nitrogen and oxygen atoms in total. The summed E-state index contributed by atoms with van der Waals surface area (Å²) in [6.45, 7) is 16.1. The summed E-state index contributed by atoms with van der Waals surface area (Å²) in [6, 6.07) is 6.07. The number of phenolic OH excluding ortho intramolecular Hbond substituents is 1. The molecule has 0 bridgehead atoms. The van der Waals surface area contributed by atoms with E-state index in [9.17, 15) is 24.9 Å². The highest BCUT2D eigenvalue weighted by atomic mass is 16.6. The van der Waals surface area contributed by atoms with Gasteiger partial charge in [0, 0.05) is 0 Å². The number of aliphatic carboxylic acids is 1. The Morgan fingerprint density at radius 1 is 0.814 bits per heavy atom. The molecule has 0 saturated heterocycles. The third kappa shape index (κ3) is 4.28. The first kappa shape index (κ1) is 30.7. The standard InChI is InChI=1S/C37H52O6/c1-32(2)18-19-37(31(41)42)17-14-26-34(5)15-12-25-33(3,4)29(39)24(43-30(40)22-8-10-23(38)11-9-22)20-36(25,7)27(34)13-16-35(26,6)28(37)21-32/h8-11,14,24-25,27-29,38-39H,12-13,15-21H2,1-7H3,(H,41,42)/t24-,25+,27+,28?,29-,34+,35-,36+,37-/m1/s1. The molecule has 4 fully saturated rings. The van der Waals surface area contributed by atoms with E-state index in [1.165, 1.54) is 17.7 Å². The average Bonchev–Trinajstić information content (AvgIpc) is 2.91. The topological polar surface area (TPSA) is 104 Å². The van der Waals surface area contributed by atoms with Crippen molar-refractivity contribution >= 4 is 11.9 Å². The maximum atomic E-state index is 13.2. The van der Waals surface area contributed by atoms with Crippen molar-refractivity contribution in [2.45, 2.75) is 118 Å². The fourth-order valence-electron chi connectivity index (χ4n) is 11.9. The minimum absolute atomic E-state index is 0.0750. The van der Waals surface area contributed by atoms with Crippen LogP contribution in [0, 0.1) is 50.2 Å². The predicted molar refractivity (Wildman–Crippen MR) is 165 cm³/mol. The highest BCUT2D eigenvalue weighted by Gasteiger charge is 2.69. The van der Waals surface area contributed by atoms with Gasteiger partial charge in [-0.25, -0.2) is 4.79 Å². The molecular formula is C37H52O6. The number of hydrogen-bond acceptors (Lipinski definition) is 5. The molecule has 0 spiro atoms. The van der Waals surface area contributed by atoms with Gasteiger partial charge in [-0.3, -0.25) is 4.79 Å². The minimum atomic E-state index is -0.778. The van der Waals surface area contributed by atoms with Gasteiger partial charge in [-0.05, 0) is 127 Å². The van der Waals surface area contributed by atoms with Gasteiger partial charge in [0.1, 0.15) is 11.9 Å². The van der Waals surface area contributed by atoms with Crippen molar-refractivity contribution in [3.05, 3.63) is 41.5 Å². The number of carboxylic acids is 1. The molecule has 0 radical (unpaired) electrons. The van der Waals surface area contributed by atoms with Crippen LogP contribution in [0.1, 0.15) is 117 Å². The van der Waals surface area contributed by atoms with Crippen LogP contribution in [0.4, 0.5) is 0 Å².